The van der Waals surface area contributed by atoms with Gasteiger partial charge in [-0.3, -0.25) is 4.79 Å². The number of benzene rings is 1. The van der Waals surface area contributed by atoms with Gasteiger partial charge in [0.05, 0.1) is 0 Å². The molecular formula is C14H18BrNO2. The number of ether oxygens (including phenoxy) is 1. The lowest BCUT2D eigenvalue weighted by Crippen LogP contribution is -2.46. The molecule has 1 fully saturated rings. The molecule has 0 aromatic heterocycles. The third-order valence-corrected chi connectivity index (χ3v) is 4.14. The van der Waals surface area contributed by atoms with Crippen LogP contribution in [-0.2, 0) is 14.9 Å². The Hall–Kier alpha value is -0.870. The summed E-state index contributed by atoms with van der Waals surface area (Å²) in [5.74, 6) is -0.0428. The average Bonchev–Trinajstić information content (AvgIpc) is 2.28. The third kappa shape index (κ3) is 2.93. The molecule has 0 unspecified atom stereocenters. The zero-order valence-electron chi connectivity index (χ0n) is 10.5. The van der Waals surface area contributed by atoms with Gasteiger partial charge in [0.1, 0.15) is 6.61 Å². The van der Waals surface area contributed by atoms with Gasteiger partial charge in [0.25, 0.3) is 0 Å². The van der Waals surface area contributed by atoms with E-state index in [4.69, 9.17) is 4.74 Å². The summed E-state index contributed by atoms with van der Waals surface area (Å²) in [6.07, 6.45) is 3.50. The minimum atomic E-state index is -0.0428. The van der Waals surface area contributed by atoms with E-state index < -0.39 is 0 Å². The highest BCUT2D eigenvalue weighted by Crippen LogP contribution is 2.43. The van der Waals surface area contributed by atoms with Gasteiger partial charge in [-0.25, -0.2) is 0 Å². The maximum atomic E-state index is 11.5. The third-order valence-electron chi connectivity index (χ3n) is 3.65. The molecule has 0 saturated heterocycles. The fourth-order valence-electron chi connectivity index (χ4n) is 2.44. The standard InChI is InChI=1S/C14H18BrNO2/c1-18-9-13(17)16-10-14(6-3-7-14)11-4-2-5-12(15)8-11/h2,4-5,8H,3,6-7,9-10H2,1H3,(H,16,17). The number of carbonyl (C=O) groups excluding carboxylic acids is 1. The van der Waals surface area contributed by atoms with Crippen molar-refractivity contribution in [3.8, 4) is 0 Å². The van der Waals surface area contributed by atoms with Crippen LogP contribution in [0.5, 0.6) is 0 Å². The van der Waals surface area contributed by atoms with Gasteiger partial charge in [-0.2, -0.15) is 0 Å². The summed E-state index contributed by atoms with van der Waals surface area (Å²) >= 11 is 3.51. The van der Waals surface area contributed by atoms with Crippen molar-refractivity contribution in [1.82, 2.24) is 5.32 Å². The molecule has 2 rings (SSSR count). The van der Waals surface area contributed by atoms with Crippen molar-refractivity contribution in [2.75, 3.05) is 20.3 Å². The minimum Gasteiger partial charge on any atom is -0.375 e. The Morgan fingerprint density at radius 3 is 2.83 bits per heavy atom. The molecule has 1 amide bonds. The lowest BCUT2D eigenvalue weighted by atomic mass is 9.64. The number of hydrogen-bond donors (Lipinski definition) is 1. The predicted molar refractivity (Wildman–Crippen MR) is 74.6 cm³/mol. The van der Waals surface area contributed by atoms with E-state index in [9.17, 15) is 4.79 Å². The molecule has 0 atom stereocenters. The van der Waals surface area contributed by atoms with Crippen molar-refractivity contribution in [1.29, 1.82) is 0 Å². The molecule has 0 radical (unpaired) electrons. The van der Waals surface area contributed by atoms with Gasteiger partial charge < -0.3 is 10.1 Å². The van der Waals surface area contributed by atoms with E-state index in [1.807, 2.05) is 6.07 Å². The highest BCUT2D eigenvalue weighted by Gasteiger charge is 2.38. The summed E-state index contributed by atoms with van der Waals surface area (Å²) in [6, 6.07) is 8.38. The van der Waals surface area contributed by atoms with E-state index in [1.165, 1.54) is 19.1 Å². The lowest BCUT2D eigenvalue weighted by molar-refractivity contribution is -0.125. The van der Waals surface area contributed by atoms with E-state index >= 15 is 0 Å². The van der Waals surface area contributed by atoms with E-state index in [1.54, 1.807) is 0 Å². The number of amides is 1. The van der Waals surface area contributed by atoms with Crippen molar-refractivity contribution >= 4 is 21.8 Å². The van der Waals surface area contributed by atoms with Crippen LogP contribution in [0.25, 0.3) is 0 Å². The molecular weight excluding hydrogens is 294 g/mol. The molecule has 1 N–H and O–H groups in total. The van der Waals surface area contributed by atoms with Crippen LogP contribution in [-0.4, -0.2) is 26.2 Å². The molecule has 1 aromatic carbocycles. The van der Waals surface area contributed by atoms with Crippen molar-refractivity contribution < 1.29 is 9.53 Å². The molecule has 0 heterocycles. The van der Waals surface area contributed by atoms with Crippen molar-refractivity contribution in [3.05, 3.63) is 34.3 Å². The van der Waals surface area contributed by atoms with Crippen molar-refractivity contribution in [2.24, 2.45) is 0 Å². The SMILES string of the molecule is COCC(=O)NCC1(c2cccc(Br)c2)CCC1. The summed E-state index contributed by atoms with van der Waals surface area (Å²) in [5, 5.41) is 2.97. The van der Waals surface area contributed by atoms with Crippen LogP contribution in [0.3, 0.4) is 0 Å². The average molecular weight is 312 g/mol. The summed E-state index contributed by atoms with van der Waals surface area (Å²) in [6.45, 7) is 0.834. The first-order valence-corrected chi connectivity index (χ1v) is 6.97. The molecule has 4 heteroatoms. The van der Waals surface area contributed by atoms with Crippen LogP contribution in [0.2, 0.25) is 0 Å². The van der Waals surface area contributed by atoms with Crippen molar-refractivity contribution in [2.45, 2.75) is 24.7 Å². The molecule has 3 nitrogen and oxygen atoms in total. The Kier molecular flexibility index (Phi) is 4.40. The van der Waals surface area contributed by atoms with Gasteiger partial charge in [0, 0.05) is 23.5 Å². The monoisotopic (exact) mass is 311 g/mol. The molecule has 1 aromatic rings. The number of carbonyl (C=O) groups is 1. The Bertz CT molecular complexity index is 430. The van der Waals surface area contributed by atoms with E-state index in [0.717, 1.165) is 17.3 Å². The summed E-state index contributed by atoms with van der Waals surface area (Å²) in [5.41, 5.74) is 1.42. The van der Waals surface area contributed by atoms with Gasteiger partial charge in [-0.05, 0) is 30.5 Å². The Labute approximate surface area is 116 Å². The number of halogens is 1. The fourth-order valence-corrected chi connectivity index (χ4v) is 2.84. The van der Waals surface area contributed by atoms with Crippen LogP contribution < -0.4 is 5.32 Å². The smallest absolute Gasteiger partial charge is 0.246 e. The van der Waals surface area contributed by atoms with Gasteiger partial charge in [-0.15, -0.1) is 0 Å². The zero-order valence-corrected chi connectivity index (χ0v) is 12.1. The molecule has 1 saturated carbocycles. The molecule has 1 aliphatic rings. The minimum absolute atomic E-state index is 0.0428. The second-order valence-electron chi connectivity index (χ2n) is 4.85. The molecule has 0 aliphatic heterocycles. The second kappa shape index (κ2) is 5.85. The Balaban J connectivity index is 2.04. The highest BCUT2D eigenvalue weighted by atomic mass is 79.9. The van der Waals surface area contributed by atoms with Crippen LogP contribution in [0.1, 0.15) is 24.8 Å². The fraction of sp³-hybridized carbons (Fsp3) is 0.500. The Morgan fingerprint density at radius 2 is 2.28 bits per heavy atom. The van der Waals surface area contributed by atoms with Crippen LogP contribution >= 0.6 is 15.9 Å². The van der Waals surface area contributed by atoms with Gasteiger partial charge in [0.15, 0.2) is 0 Å². The molecule has 98 valence electrons. The van der Waals surface area contributed by atoms with E-state index in [2.05, 4.69) is 39.4 Å². The quantitative estimate of drug-likeness (QED) is 0.908. The number of hydrogen-bond acceptors (Lipinski definition) is 2. The highest BCUT2D eigenvalue weighted by molar-refractivity contribution is 9.10. The maximum absolute atomic E-state index is 11.5. The van der Waals surface area contributed by atoms with Gasteiger partial charge >= 0.3 is 0 Å². The van der Waals surface area contributed by atoms with E-state index in [-0.39, 0.29) is 17.9 Å². The normalized spacial score (nSPS) is 17.0. The lowest BCUT2D eigenvalue weighted by Gasteiger charge is -2.42. The summed E-state index contributed by atoms with van der Waals surface area (Å²) in [4.78, 5) is 11.5. The van der Waals surface area contributed by atoms with Crippen molar-refractivity contribution in [3.63, 3.8) is 0 Å². The molecule has 1 aliphatic carbocycles. The largest absolute Gasteiger partial charge is 0.375 e. The van der Waals surface area contributed by atoms with Crippen LogP contribution in [0.4, 0.5) is 0 Å². The number of nitrogens with one attached hydrogen (secondary N) is 1. The molecule has 18 heavy (non-hydrogen) atoms. The van der Waals surface area contributed by atoms with Crippen LogP contribution in [0, 0.1) is 0 Å². The number of rotatable bonds is 5. The van der Waals surface area contributed by atoms with Crippen LogP contribution in [0.15, 0.2) is 28.7 Å². The van der Waals surface area contributed by atoms with E-state index in [0.29, 0.717) is 6.54 Å². The maximum Gasteiger partial charge on any atom is 0.246 e. The summed E-state index contributed by atoms with van der Waals surface area (Å²) in [7, 11) is 1.53. The zero-order chi connectivity index (χ0) is 13.0. The van der Waals surface area contributed by atoms with Gasteiger partial charge in [0.2, 0.25) is 5.91 Å². The topological polar surface area (TPSA) is 38.3 Å². The van der Waals surface area contributed by atoms with Gasteiger partial charge in [-0.1, -0.05) is 34.5 Å². The molecule has 0 spiro atoms. The number of methoxy groups -OCH3 is 1. The Morgan fingerprint density at radius 1 is 1.50 bits per heavy atom. The molecule has 0 bridgehead atoms. The predicted octanol–water partition coefficient (Wildman–Crippen LogP) is 2.63. The summed E-state index contributed by atoms with van der Waals surface area (Å²) < 4.78 is 5.92. The first kappa shape index (κ1) is 13.6. The second-order valence-corrected chi connectivity index (χ2v) is 5.77. The first-order chi connectivity index (χ1) is 8.66. The first-order valence-electron chi connectivity index (χ1n) is 6.18.